The molecular formula is C22H18N4O8. The number of esters is 2. The average molecular weight is 466 g/mol. The van der Waals surface area contributed by atoms with Crippen molar-refractivity contribution >= 4 is 34.7 Å². The van der Waals surface area contributed by atoms with Crippen LogP contribution in [0.5, 0.6) is 0 Å². The monoisotopic (exact) mass is 466 g/mol. The molecule has 4 N–H and O–H groups in total. The Morgan fingerprint density at radius 3 is 1.35 bits per heavy atom. The highest BCUT2D eigenvalue weighted by Gasteiger charge is 2.18. The van der Waals surface area contributed by atoms with E-state index in [1.54, 1.807) is 24.3 Å². The van der Waals surface area contributed by atoms with E-state index in [0.29, 0.717) is 11.1 Å². The highest BCUT2D eigenvalue weighted by Crippen LogP contribution is 2.24. The van der Waals surface area contributed by atoms with Gasteiger partial charge in [0.05, 0.1) is 21.0 Å². The molecule has 0 aliphatic carbocycles. The molecule has 0 aliphatic heterocycles. The number of carbonyl (C=O) groups excluding carboxylic acids is 2. The maximum atomic E-state index is 12.2. The van der Waals surface area contributed by atoms with E-state index in [0.717, 1.165) is 12.1 Å². The summed E-state index contributed by atoms with van der Waals surface area (Å²) < 4.78 is 10.3. The van der Waals surface area contributed by atoms with Crippen LogP contribution in [0.1, 0.15) is 31.8 Å². The molecule has 0 fully saturated rings. The van der Waals surface area contributed by atoms with Gasteiger partial charge in [0.15, 0.2) is 0 Å². The second-order valence-corrected chi connectivity index (χ2v) is 7.03. The molecule has 0 spiro atoms. The molecule has 3 aromatic carbocycles. The van der Waals surface area contributed by atoms with Crippen LogP contribution in [0.2, 0.25) is 0 Å². The third-order valence-corrected chi connectivity index (χ3v) is 4.69. The first-order chi connectivity index (χ1) is 16.2. The van der Waals surface area contributed by atoms with Gasteiger partial charge >= 0.3 is 11.9 Å². The van der Waals surface area contributed by atoms with E-state index >= 15 is 0 Å². The summed E-state index contributed by atoms with van der Waals surface area (Å²) in [5.41, 5.74) is 11.4. The Kier molecular flexibility index (Phi) is 7.01. The number of hydrogen-bond donors (Lipinski definition) is 2. The topological polar surface area (TPSA) is 191 Å². The fourth-order valence-corrected chi connectivity index (χ4v) is 2.85. The van der Waals surface area contributed by atoms with E-state index in [4.69, 9.17) is 20.9 Å². The Morgan fingerprint density at radius 2 is 1.03 bits per heavy atom. The number of carbonyl (C=O) groups is 2. The van der Waals surface area contributed by atoms with Gasteiger partial charge in [-0.25, -0.2) is 9.59 Å². The first-order valence-electron chi connectivity index (χ1n) is 9.65. The minimum absolute atomic E-state index is 0.00709. The van der Waals surface area contributed by atoms with Gasteiger partial charge < -0.3 is 20.9 Å². The summed E-state index contributed by atoms with van der Waals surface area (Å²) in [4.78, 5) is 44.9. The number of benzene rings is 3. The minimum Gasteiger partial charge on any atom is -0.457 e. The van der Waals surface area contributed by atoms with Crippen LogP contribution < -0.4 is 11.5 Å². The van der Waals surface area contributed by atoms with Gasteiger partial charge in [-0.2, -0.15) is 0 Å². The van der Waals surface area contributed by atoms with E-state index in [2.05, 4.69) is 0 Å². The SMILES string of the molecule is Nc1ccc(C(=O)OCc2ccc(COC(=O)c3ccc(N)c([N+](=O)[O-])c3)cc2)cc1[N+](=O)[O-]. The quantitative estimate of drug-likeness (QED) is 0.215. The number of nitro groups is 2. The third-order valence-electron chi connectivity index (χ3n) is 4.69. The summed E-state index contributed by atoms with van der Waals surface area (Å²) in [5, 5.41) is 21.9. The van der Waals surface area contributed by atoms with Crippen molar-refractivity contribution in [3.05, 3.63) is 103 Å². The first-order valence-corrected chi connectivity index (χ1v) is 9.65. The zero-order valence-corrected chi connectivity index (χ0v) is 17.5. The fraction of sp³-hybridized carbons (Fsp3) is 0.0909. The van der Waals surface area contributed by atoms with Gasteiger partial charge in [-0.05, 0) is 35.4 Å². The molecule has 0 aliphatic rings. The number of anilines is 2. The second-order valence-electron chi connectivity index (χ2n) is 7.03. The van der Waals surface area contributed by atoms with Gasteiger partial charge in [0.1, 0.15) is 24.6 Å². The highest BCUT2D eigenvalue weighted by molar-refractivity contribution is 5.91. The molecule has 0 heterocycles. The molecule has 12 nitrogen and oxygen atoms in total. The maximum Gasteiger partial charge on any atom is 0.338 e. The smallest absolute Gasteiger partial charge is 0.338 e. The number of nitro benzene ring substituents is 2. The van der Waals surface area contributed by atoms with Gasteiger partial charge in [-0.3, -0.25) is 20.2 Å². The number of nitrogen functional groups attached to an aromatic ring is 2. The molecule has 0 amide bonds. The van der Waals surface area contributed by atoms with Crippen molar-refractivity contribution in [3.63, 3.8) is 0 Å². The maximum absolute atomic E-state index is 12.2. The van der Waals surface area contributed by atoms with Crippen LogP contribution in [0, 0.1) is 20.2 Å². The standard InChI is InChI=1S/C22H18N4O8/c23-17-7-5-15(9-19(17)25(29)30)21(27)33-11-13-1-2-14(4-3-13)12-34-22(28)16-6-8-18(24)20(10-16)26(31)32/h1-10H,11-12,23-24H2. The lowest BCUT2D eigenvalue weighted by Gasteiger charge is -2.08. The lowest BCUT2D eigenvalue weighted by atomic mass is 10.1. The van der Waals surface area contributed by atoms with Gasteiger partial charge in [-0.15, -0.1) is 0 Å². The van der Waals surface area contributed by atoms with Crippen LogP contribution in [0.3, 0.4) is 0 Å². The summed E-state index contributed by atoms with van der Waals surface area (Å²) in [5.74, 6) is -1.50. The van der Waals surface area contributed by atoms with E-state index < -0.39 is 21.8 Å². The van der Waals surface area contributed by atoms with Crippen LogP contribution in [0.15, 0.2) is 60.7 Å². The number of nitrogens with two attached hydrogens (primary N) is 2. The third kappa shape index (κ3) is 5.62. The summed E-state index contributed by atoms with van der Waals surface area (Å²) in [6.07, 6.45) is 0. The minimum atomic E-state index is -0.751. The molecule has 174 valence electrons. The van der Waals surface area contributed by atoms with Gasteiger partial charge in [-0.1, -0.05) is 24.3 Å². The predicted octanol–water partition coefficient (Wildman–Crippen LogP) is 3.38. The van der Waals surface area contributed by atoms with E-state index in [1.807, 2.05) is 0 Å². The van der Waals surface area contributed by atoms with E-state index in [1.165, 1.54) is 24.3 Å². The molecule has 34 heavy (non-hydrogen) atoms. The molecule has 0 radical (unpaired) electrons. The van der Waals surface area contributed by atoms with Crippen molar-refractivity contribution in [2.45, 2.75) is 13.2 Å². The van der Waals surface area contributed by atoms with Crippen LogP contribution in [0.25, 0.3) is 0 Å². The van der Waals surface area contributed by atoms with Crippen molar-refractivity contribution in [1.29, 1.82) is 0 Å². The number of hydrogen-bond acceptors (Lipinski definition) is 10. The molecule has 0 saturated carbocycles. The lowest BCUT2D eigenvalue weighted by Crippen LogP contribution is -2.08. The average Bonchev–Trinajstić information content (AvgIpc) is 2.81. The molecule has 0 atom stereocenters. The summed E-state index contributed by atoms with van der Waals surface area (Å²) in [7, 11) is 0. The molecule has 0 bridgehead atoms. The molecule has 0 saturated heterocycles. The van der Waals surface area contributed by atoms with Crippen LogP contribution in [-0.4, -0.2) is 21.8 Å². The molecule has 0 aromatic heterocycles. The molecule has 3 rings (SSSR count). The number of rotatable bonds is 8. The van der Waals surface area contributed by atoms with Crippen molar-refractivity contribution in [1.82, 2.24) is 0 Å². The van der Waals surface area contributed by atoms with Crippen molar-refractivity contribution in [2.75, 3.05) is 11.5 Å². The van der Waals surface area contributed by atoms with Crippen LogP contribution in [-0.2, 0) is 22.7 Å². The van der Waals surface area contributed by atoms with Crippen molar-refractivity contribution in [3.8, 4) is 0 Å². The predicted molar refractivity (Wildman–Crippen MR) is 120 cm³/mol. The Labute approximate surface area is 192 Å². The molecule has 3 aromatic rings. The summed E-state index contributed by atoms with van der Waals surface area (Å²) in [6, 6.07) is 13.9. The normalized spacial score (nSPS) is 10.4. The Morgan fingerprint density at radius 1 is 0.676 bits per heavy atom. The van der Waals surface area contributed by atoms with Gasteiger partial charge in [0.25, 0.3) is 11.4 Å². The largest absolute Gasteiger partial charge is 0.457 e. The van der Waals surface area contributed by atoms with Crippen molar-refractivity contribution in [2.24, 2.45) is 0 Å². The second kappa shape index (κ2) is 10.1. The lowest BCUT2D eigenvalue weighted by molar-refractivity contribution is -0.384. The molecular weight excluding hydrogens is 448 g/mol. The Bertz CT molecular complexity index is 1180. The van der Waals surface area contributed by atoms with Crippen LogP contribution in [0.4, 0.5) is 22.7 Å². The summed E-state index contributed by atoms with van der Waals surface area (Å²) >= 11 is 0. The Hall–Kier alpha value is -5.00. The number of ether oxygens (including phenoxy) is 2. The fourth-order valence-electron chi connectivity index (χ4n) is 2.85. The number of nitrogens with zero attached hydrogens (tertiary/aromatic N) is 2. The van der Waals surface area contributed by atoms with Crippen molar-refractivity contribution < 1.29 is 28.9 Å². The van der Waals surface area contributed by atoms with E-state index in [-0.39, 0.29) is 47.1 Å². The zero-order valence-electron chi connectivity index (χ0n) is 17.5. The van der Waals surface area contributed by atoms with Gasteiger partial charge in [0.2, 0.25) is 0 Å². The molecule has 0 unspecified atom stereocenters. The first kappa shape index (κ1) is 23.7. The highest BCUT2D eigenvalue weighted by atomic mass is 16.6. The van der Waals surface area contributed by atoms with Crippen LogP contribution >= 0.6 is 0 Å². The Balaban J connectivity index is 1.55. The summed E-state index contributed by atoms with van der Waals surface area (Å²) in [6.45, 7) is -0.182. The van der Waals surface area contributed by atoms with E-state index in [9.17, 15) is 29.8 Å². The zero-order chi connectivity index (χ0) is 24.8. The molecule has 12 heteroatoms. The van der Waals surface area contributed by atoms with Gasteiger partial charge in [0, 0.05) is 12.1 Å².